The Hall–Kier alpha value is -2.18. The molecule has 0 unspecified atom stereocenters. The summed E-state index contributed by atoms with van der Waals surface area (Å²) < 4.78 is 35.3. The molecule has 1 amide bonds. The molecule has 1 saturated heterocycles. The maximum atomic E-state index is 12.9. The van der Waals surface area contributed by atoms with Gasteiger partial charge in [0, 0.05) is 37.5 Å². The first kappa shape index (κ1) is 17.2. The summed E-state index contributed by atoms with van der Waals surface area (Å²) in [6.07, 6.45) is 0.267. The van der Waals surface area contributed by atoms with Gasteiger partial charge >= 0.3 is 0 Å². The number of hydrogen-bond donors (Lipinski definition) is 0. The van der Waals surface area contributed by atoms with E-state index in [9.17, 15) is 23.3 Å². The van der Waals surface area contributed by atoms with Crippen molar-refractivity contribution >= 4 is 38.7 Å². The van der Waals surface area contributed by atoms with Gasteiger partial charge in [-0.1, -0.05) is 6.07 Å². The molecule has 4 rings (SSSR count). The number of nitro groups is 1. The average Bonchev–Trinajstić information content (AvgIpc) is 3.30. The molecule has 10 nitrogen and oxygen atoms in total. The molecule has 1 saturated carbocycles. The summed E-state index contributed by atoms with van der Waals surface area (Å²) in [7, 11) is -3.75. The molecule has 2 atom stereocenters. The maximum absolute atomic E-state index is 12.9. The van der Waals surface area contributed by atoms with E-state index in [0.717, 1.165) is 11.7 Å². The van der Waals surface area contributed by atoms with E-state index < -0.39 is 26.9 Å². The van der Waals surface area contributed by atoms with Gasteiger partial charge in [-0.3, -0.25) is 14.9 Å². The molecule has 26 heavy (non-hydrogen) atoms. The molecule has 138 valence electrons. The van der Waals surface area contributed by atoms with Crippen LogP contribution in [0.3, 0.4) is 0 Å². The van der Waals surface area contributed by atoms with Crippen molar-refractivity contribution in [2.24, 2.45) is 5.92 Å². The van der Waals surface area contributed by atoms with Gasteiger partial charge in [-0.2, -0.15) is 13.1 Å². The number of fused-ring (bicyclic) bond motifs is 1. The van der Waals surface area contributed by atoms with Gasteiger partial charge < -0.3 is 4.90 Å². The van der Waals surface area contributed by atoms with Crippen LogP contribution in [0, 0.1) is 16.0 Å². The Morgan fingerprint density at radius 1 is 1.23 bits per heavy atom. The quantitative estimate of drug-likeness (QED) is 0.532. The molecular formula is C14H15N5O5S2. The first-order chi connectivity index (χ1) is 12.4. The van der Waals surface area contributed by atoms with Crippen LogP contribution >= 0.6 is 11.7 Å². The molecule has 1 aromatic carbocycles. The lowest BCUT2D eigenvalue weighted by atomic mass is 10.3. The molecule has 2 heterocycles. The van der Waals surface area contributed by atoms with Crippen molar-refractivity contribution in [2.75, 3.05) is 26.2 Å². The smallest absolute Gasteiger partial charge is 0.245 e. The van der Waals surface area contributed by atoms with Gasteiger partial charge in [0.1, 0.15) is 21.8 Å². The number of carbonyl (C=O) groups is 1. The highest BCUT2D eigenvalue weighted by Gasteiger charge is 2.54. The summed E-state index contributed by atoms with van der Waals surface area (Å²) in [5, 5.41) is 10.7. The number of nitrogens with zero attached hydrogens (tertiary/aromatic N) is 5. The fourth-order valence-corrected chi connectivity index (χ4v) is 5.37. The predicted octanol–water partition coefficient (Wildman–Crippen LogP) is 0.189. The highest BCUT2D eigenvalue weighted by Crippen LogP contribution is 2.35. The third kappa shape index (κ3) is 2.83. The number of aromatic nitrogens is 2. The van der Waals surface area contributed by atoms with Gasteiger partial charge in [-0.15, -0.1) is 0 Å². The Bertz CT molecular complexity index is 983. The fraction of sp³-hybridized carbons (Fsp3) is 0.500. The molecule has 0 bridgehead atoms. The van der Waals surface area contributed by atoms with Crippen LogP contribution in [-0.4, -0.2) is 69.4 Å². The largest absolute Gasteiger partial charge is 0.340 e. The van der Waals surface area contributed by atoms with Crippen molar-refractivity contribution in [1.82, 2.24) is 18.0 Å². The van der Waals surface area contributed by atoms with E-state index in [0.29, 0.717) is 11.0 Å². The SMILES string of the molecule is O=C([C@@H]1C[C@H]1[N+](=O)[O-])N1CCN(S(=O)(=O)c2cccc3nsnc23)CC1. The van der Waals surface area contributed by atoms with Crippen LogP contribution in [0.2, 0.25) is 0 Å². The zero-order valence-electron chi connectivity index (χ0n) is 13.5. The minimum absolute atomic E-state index is 0.110. The zero-order chi connectivity index (χ0) is 18.5. The van der Waals surface area contributed by atoms with E-state index in [2.05, 4.69) is 8.75 Å². The summed E-state index contributed by atoms with van der Waals surface area (Å²) in [4.78, 5) is 24.2. The van der Waals surface area contributed by atoms with Crippen LogP contribution in [0.5, 0.6) is 0 Å². The van der Waals surface area contributed by atoms with E-state index in [1.54, 1.807) is 12.1 Å². The van der Waals surface area contributed by atoms with Gasteiger partial charge in [0.25, 0.3) is 0 Å². The van der Waals surface area contributed by atoms with Gasteiger partial charge in [0.2, 0.25) is 22.0 Å². The van der Waals surface area contributed by atoms with Crippen LogP contribution in [0.4, 0.5) is 0 Å². The van der Waals surface area contributed by atoms with Crippen LogP contribution in [0.25, 0.3) is 11.0 Å². The van der Waals surface area contributed by atoms with Crippen molar-refractivity contribution in [3.05, 3.63) is 28.3 Å². The molecule has 0 radical (unpaired) electrons. The number of rotatable bonds is 4. The van der Waals surface area contributed by atoms with Gasteiger partial charge in [0.15, 0.2) is 0 Å². The second-order valence-corrected chi connectivity index (χ2v) is 8.75. The fourth-order valence-electron chi connectivity index (χ4n) is 3.19. The zero-order valence-corrected chi connectivity index (χ0v) is 15.1. The second kappa shape index (κ2) is 6.21. The first-order valence-corrected chi connectivity index (χ1v) is 10.2. The predicted molar refractivity (Wildman–Crippen MR) is 91.6 cm³/mol. The van der Waals surface area contributed by atoms with E-state index in [4.69, 9.17) is 0 Å². The summed E-state index contributed by atoms with van der Waals surface area (Å²) in [5.41, 5.74) is 0.882. The molecule has 12 heteroatoms. The summed E-state index contributed by atoms with van der Waals surface area (Å²) >= 11 is 0.956. The van der Waals surface area contributed by atoms with Crippen molar-refractivity contribution < 1.29 is 18.1 Å². The van der Waals surface area contributed by atoms with Crippen LogP contribution < -0.4 is 0 Å². The number of benzene rings is 1. The van der Waals surface area contributed by atoms with E-state index in [-0.39, 0.29) is 43.4 Å². The first-order valence-electron chi connectivity index (χ1n) is 8.03. The topological polar surface area (TPSA) is 127 Å². The summed E-state index contributed by atoms with van der Waals surface area (Å²) in [6, 6.07) is 4.04. The molecule has 2 fully saturated rings. The van der Waals surface area contributed by atoms with Crippen molar-refractivity contribution in [3.8, 4) is 0 Å². The van der Waals surface area contributed by atoms with Crippen LogP contribution in [-0.2, 0) is 14.8 Å². The normalized spacial score (nSPS) is 23.9. The van der Waals surface area contributed by atoms with E-state index >= 15 is 0 Å². The summed E-state index contributed by atoms with van der Waals surface area (Å²) in [6.45, 7) is 0.754. The Kier molecular flexibility index (Phi) is 4.12. The highest BCUT2D eigenvalue weighted by atomic mass is 32.2. The van der Waals surface area contributed by atoms with E-state index in [1.165, 1.54) is 15.3 Å². The Labute approximate surface area is 152 Å². The molecule has 0 spiro atoms. The number of hydrogen-bond acceptors (Lipinski definition) is 8. The lowest BCUT2D eigenvalue weighted by Crippen LogP contribution is -2.51. The third-order valence-electron chi connectivity index (χ3n) is 4.76. The molecule has 1 aromatic heterocycles. The van der Waals surface area contributed by atoms with Gasteiger partial charge in [-0.25, -0.2) is 8.42 Å². The summed E-state index contributed by atoms with van der Waals surface area (Å²) in [5.74, 6) is -0.822. The Morgan fingerprint density at radius 3 is 2.62 bits per heavy atom. The minimum Gasteiger partial charge on any atom is -0.340 e. The van der Waals surface area contributed by atoms with Crippen molar-refractivity contribution in [3.63, 3.8) is 0 Å². The van der Waals surface area contributed by atoms with Crippen molar-refractivity contribution in [2.45, 2.75) is 17.4 Å². The lowest BCUT2D eigenvalue weighted by molar-refractivity contribution is -0.497. The van der Waals surface area contributed by atoms with E-state index in [1.807, 2.05) is 0 Å². The number of sulfonamides is 1. The second-order valence-electron chi connectivity index (χ2n) is 6.31. The number of piperazine rings is 1. The molecule has 2 aliphatic rings. The molecular weight excluding hydrogens is 382 g/mol. The monoisotopic (exact) mass is 397 g/mol. The van der Waals surface area contributed by atoms with Gasteiger partial charge in [0.05, 0.1) is 11.7 Å². The molecule has 1 aliphatic carbocycles. The van der Waals surface area contributed by atoms with Crippen LogP contribution in [0.1, 0.15) is 6.42 Å². The van der Waals surface area contributed by atoms with Gasteiger partial charge in [-0.05, 0) is 12.1 Å². The van der Waals surface area contributed by atoms with Crippen LogP contribution in [0.15, 0.2) is 23.1 Å². The highest BCUT2D eigenvalue weighted by molar-refractivity contribution is 7.89. The maximum Gasteiger partial charge on any atom is 0.245 e. The molecule has 1 aliphatic heterocycles. The minimum atomic E-state index is -3.75. The Morgan fingerprint density at radius 2 is 1.96 bits per heavy atom. The number of amides is 1. The average molecular weight is 397 g/mol. The van der Waals surface area contributed by atoms with Crippen molar-refractivity contribution in [1.29, 1.82) is 0 Å². The molecule has 0 N–H and O–H groups in total. The third-order valence-corrected chi connectivity index (χ3v) is 7.23. The number of carbonyl (C=O) groups excluding carboxylic acids is 1. The standard InChI is InChI=1S/C14H15N5O5S2/c20-14(9-8-11(9)19(21)22)17-4-6-18(7-5-17)26(23,24)12-3-1-2-10-13(12)16-25-15-10/h1-3,9,11H,4-8H2/t9-,11-/m1/s1. The lowest BCUT2D eigenvalue weighted by Gasteiger charge is -2.34. The molecule has 2 aromatic rings. The Balaban J connectivity index is 1.47.